The highest BCUT2D eigenvalue weighted by Crippen LogP contribution is 2.22. The molecule has 0 aliphatic heterocycles. The number of carbonyl (C=O) groups is 2. The monoisotopic (exact) mass is 238 g/mol. The van der Waals surface area contributed by atoms with Gasteiger partial charge in [0.15, 0.2) is 0 Å². The van der Waals surface area contributed by atoms with E-state index < -0.39 is 24.0 Å². The van der Waals surface area contributed by atoms with E-state index in [0.717, 1.165) is 0 Å². The quantitative estimate of drug-likeness (QED) is 0.719. The lowest BCUT2D eigenvalue weighted by Crippen LogP contribution is -2.25. The van der Waals surface area contributed by atoms with Gasteiger partial charge in [0.25, 0.3) is 0 Å². The molecule has 2 unspecified atom stereocenters. The number of carboxylic acid groups (broad SMARTS) is 2. The summed E-state index contributed by atoms with van der Waals surface area (Å²) in [5.74, 6) is -3.22. The Labute approximate surface area is 98.3 Å². The van der Waals surface area contributed by atoms with Crippen LogP contribution in [0.2, 0.25) is 0 Å². The van der Waals surface area contributed by atoms with Crippen molar-refractivity contribution >= 4 is 11.9 Å². The van der Waals surface area contributed by atoms with Crippen molar-refractivity contribution in [2.45, 2.75) is 25.4 Å². The van der Waals surface area contributed by atoms with Gasteiger partial charge < -0.3 is 15.3 Å². The third kappa shape index (κ3) is 3.04. The summed E-state index contributed by atoms with van der Waals surface area (Å²) in [6, 6.07) is 5.49. The number of benzene rings is 1. The summed E-state index contributed by atoms with van der Waals surface area (Å²) in [7, 11) is 0. The van der Waals surface area contributed by atoms with E-state index in [4.69, 9.17) is 10.2 Å². The Balaban J connectivity index is 3.03. The topological polar surface area (TPSA) is 94.8 Å². The summed E-state index contributed by atoms with van der Waals surface area (Å²) < 4.78 is 0. The maximum Gasteiger partial charge on any atom is 0.335 e. The summed E-state index contributed by atoms with van der Waals surface area (Å²) in [6.45, 7) is 1.69. The van der Waals surface area contributed by atoms with Crippen molar-refractivity contribution in [3.8, 4) is 0 Å². The summed E-state index contributed by atoms with van der Waals surface area (Å²) >= 11 is 0. The average Bonchev–Trinajstić information content (AvgIpc) is 2.29. The van der Waals surface area contributed by atoms with Crippen molar-refractivity contribution in [3.05, 3.63) is 35.4 Å². The first-order valence-electron chi connectivity index (χ1n) is 5.21. The van der Waals surface area contributed by atoms with E-state index in [1.165, 1.54) is 24.3 Å². The molecule has 1 aromatic rings. The number of rotatable bonds is 5. The SMILES string of the molecule is CCC(O)C(C(=O)O)c1ccc(C(=O)O)cc1. The van der Waals surface area contributed by atoms with Gasteiger partial charge in [-0.25, -0.2) is 4.79 Å². The first-order chi connectivity index (χ1) is 7.97. The van der Waals surface area contributed by atoms with Gasteiger partial charge in [0, 0.05) is 0 Å². The largest absolute Gasteiger partial charge is 0.481 e. The van der Waals surface area contributed by atoms with E-state index in [9.17, 15) is 14.7 Å². The highest BCUT2D eigenvalue weighted by Gasteiger charge is 2.27. The number of carboxylic acids is 2. The lowest BCUT2D eigenvalue weighted by Gasteiger charge is -2.18. The van der Waals surface area contributed by atoms with Gasteiger partial charge >= 0.3 is 11.9 Å². The van der Waals surface area contributed by atoms with Crippen LogP contribution in [-0.2, 0) is 4.79 Å². The number of hydrogen-bond donors (Lipinski definition) is 3. The zero-order valence-electron chi connectivity index (χ0n) is 9.33. The summed E-state index contributed by atoms with van der Waals surface area (Å²) in [4.78, 5) is 21.7. The van der Waals surface area contributed by atoms with Gasteiger partial charge in [-0.15, -0.1) is 0 Å². The maximum atomic E-state index is 11.0. The predicted octanol–water partition coefficient (Wildman–Crippen LogP) is 1.32. The number of aliphatic carboxylic acids is 1. The van der Waals surface area contributed by atoms with Crippen molar-refractivity contribution in [1.29, 1.82) is 0 Å². The molecule has 0 saturated heterocycles. The van der Waals surface area contributed by atoms with Crippen molar-refractivity contribution in [2.24, 2.45) is 0 Å². The van der Waals surface area contributed by atoms with E-state index in [2.05, 4.69) is 0 Å². The minimum atomic E-state index is -1.12. The van der Waals surface area contributed by atoms with Crippen LogP contribution in [0, 0.1) is 0 Å². The standard InChI is InChI=1S/C12H14O5/c1-2-9(13)10(12(16)17)7-3-5-8(6-4-7)11(14)15/h3-6,9-10,13H,2H2,1H3,(H,14,15)(H,16,17). The summed E-state index contributed by atoms with van der Waals surface area (Å²) in [5, 5.41) is 27.4. The maximum absolute atomic E-state index is 11.0. The molecule has 3 N–H and O–H groups in total. The fourth-order valence-corrected chi connectivity index (χ4v) is 1.60. The Morgan fingerprint density at radius 1 is 1.18 bits per heavy atom. The zero-order valence-corrected chi connectivity index (χ0v) is 9.33. The molecule has 0 aliphatic rings. The lowest BCUT2D eigenvalue weighted by atomic mass is 9.91. The number of hydrogen-bond acceptors (Lipinski definition) is 3. The van der Waals surface area contributed by atoms with Gasteiger partial charge in [-0.2, -0.15) is 0 Å². The average molecular weight is 238 g/mol. The molecule has 0 saturated carbocycles. The van der Waals surface area contributed by atoms with Crippen molar-refractivity contribution in [3.63, 3.8) is 0 Å². The minimum absolute atomic E-state index is 0.0869. The molecule has 5 nitrogen and oxygen atoms in total. The predicted molar refractivity (Wildman–Crippen MR) is 60.1 cm³/mol. The number of aliphatic hydroxyl groups excluding tert-OH is 1. The molecule has 17 heavy (non-hydrogen) atoms. The zero-order chi connectivity index (χ0) is 13.0. The Morgan fingerprint density at radius 3 is 2.06 bits per heavy atom. The highest BCUT2D eigenvalue weighted by molar-refractivity contribution is 5.87. The lowest BCUT2D eigenvalue weighted by molar-refractivity contribution is -0.141. The second-order valence-electron chi connectivity index (χ2n) is 3.72. The highest BCUT2D eigenvalue weighted by atomic mass is 16.4. The molecule has 0 fully saturated rings. The smallest absolute Gasteiger partial charge is 0.335 e. The van der Waals surface area contributed by atoms with Crippen LogP contribution in [0.3, 0.4) is 0 Å². The van der Waals surface area contributed by atoms with Crippen LogP contribution in [0.4, 0.5) is 0 Å². The van der Waals surface area contributed by atoms with E-state index in [-0.39, 0.29) is 5.56 Å². The first-order valence-corrected chi connectivity index (χ1v) is 5.21. The van der Waals surface area contributed by atoms with Crippen molar-refractivity contribution < 1.29 is 24.9 Å². The van der Waals surface area contributed by atoms with E-state index in [0.29, 0.717) is 12.0 Å². The molecule has 0 radical (unpaired) electrons. The Kier molecular flexibility index (Phi) is 4.23. The minimum Gasteiger partial charge on any atom is -0.481 e. The van der Waals surface area contributed by atoms with Crippen molar-refractivity contribution in [1.82, 2.24) is 0 Å². The third-order valence-electron chi connectivity index (χ3n) is 2.59. The van der Waals surface area contributed by atoms with Gasteiger partial charge in [0.1, 0.15) is 5.92 Å². The molecule has 0 spiro atoms. The first kappa shape index (κ1) is 13.2. The van der Waals surface area contributed by atoms with Gasteiger partial charge in [-0.1, -0.05) is 19.1 Å². The molecule has 1 aromatic carbocycles. The molecule has 0 aromatic heterocycles. The summed E-state index contributed by atoms with van der Waals surface area (Å²) in [6.07, 6.45) is -0.666. The third-order valence-corrected chi connectivity index (χ3v) is 2.59. The molecular formula is C12H14O5. The molecule has 5 heteroatoms. The van der Waals surface area contributed by atoms with Crippen LogP contribution in [-0.4, -0.2) is 33.4 Å². The van der Waals surface area contributed by atoms with Gasteiger partial charge in [-0.05, 0) is 24.1 Å². The van der Waals surface area contributed by atoms with E-state index in [1.54, 1.807) is 6.92 Å². The summed E-state index contributed by atoms with van der Waals surface area (Å²) in [5.41, 5.74) is 0.487. The Hall–Kier alpha value is -1.88. The molecule has 0 amide bonds. The second-order valence-corrected chi connectivity index (χ2v) is 3.72. The van der Waals surface area contributed by atoms with Crippen LogP contribution in [0.1, 0.15) is 35.2 Å². The van der Waals surface area contributed by atoms with Gasteiger partial charge in [0.05, 0.1) is 11.7 Å². The van der Waals surface area contributed by atoms with Crippen LogP contribution >= 0.6 is 0 Å². The molecule has 0 heterocycles. The van der Waals surface area contributed by atoms with E-state index in [1.807, 2.05) is 0 Å². The Bertz CT molecular complexity index is 409. The fourth-order valence-electron chi connectivity index (χ4n) is 1.60. The molecule has 2 atom stereocenters. The number of aliphatic hydroxyl groups is 1. The normalized spacial score (nSPS) is 14.0. The fraction of sp³-hybridized carbons (Fsp3) is 0.333. The van der Waals surface area contributed by atoms with Gasteiger partial charge in [0.2, 0.25) is 0 Å². The van der Waals surface area contributed by atoms with Gasteiger partial charge in [-0.3, -0.25) is 4.79 Å². The molecule has 0 aliphatic carbocycles. The van der Waals surface area contributed by atoms with Crippen molar-refractivity contribution in [2.75, 3.05) is 0 Å². The Morgan fingerprint density at radius 2 is 1.71 bits per heavy atom. The van der Waals surface area contributed by atoms with E-state index >= 15 is 0 Å². The van der Waals surface area contributed by atoms with Crippen LogP contribution in [0.25, 0.3) is 0 Å². The van der Waals surface area contributed by atoms with Crippen LogP contribution < -0.4 is 0 Å². The van der Waals surface area contributed by atoms with Crippen LogP contribution in [0.5, 0.6) is 0 Å². The molecule has 1 rings (SSSR count). The molecule has 0 bridgehead atoms. The second kappa shape index (κ2) is 5.45. The molecule has 92 valence electrons. The van der Waals surface area contributed by atoms with Crippen LogP contribution in [0.15, 0.2) is 24.3 Å². The number of aromatic carboxylic acids is 1. The molecular weight excluding hydrogens is 224 g/mol.